The van der Waals surface area contributed by atoms with Crippen molar-refractivity contribution in [2.24, 2.45) is 11.7 Å². The van der Waals surface area contributed by atoms with Crippen molar-refractivity contribution in [1.29, 1.82) is 0 Å². The highest BCUT2D eigenvalue weighted by molar-refractivity contribution is 4.82. The summed E-state index contributed by atoms with van der Waals surface area (Å²) in [5, 5.41) is 0. The average molecular weight is 253 g/mol. The summed E-state index contributed by atoms with van der Waals surface area (Å²) in [6, 6.07) is 0.736. The second-order valence-corrected chi connectivity index (χ2v) is 6.23. The van der Waals surface area contributed by atoms with Crippen molar-refractivity contribution < 1.29 is 0 Å². The van der Waals surface area contributed by atoms with Gasteiger partial charge in [-0.05, 0) is 58.3 Å². The van der Waals surface area contributed by atoms with Crippen LogP contribution in [0.15, 0.2) is 0 Å². The van der Waals surface area contributed by atoms with E-state index in [0.29, 0.717) is 0 Å². The average Bonchev–Trinajstić information content (AvgIpc) is 2.79. The van der Waals surface area contributed by atoms with Crippen LogP contribution in [0.25, 0.3) is 0 Å². The minimum absolute atomic E-state index is 0.732. The van der Waals surface area contributed by atoms with Crippen LogP contribution in [0.5, 0.6) is 0 Å². The molecule has 1 aliphatic carbocycles. The molecule has 1 saturated heterocycles. The largest absolute Gasteiger partial charge is 0.330 e. The Morgan fingerprint density at radius 3 is 2.50 bits per heavy atom. The standard InChI is InChI=1S/C15H31N3/c1-17(11-12-18-9-5-6-10-18)15-8-4-2-3-7-14(15)13-16/h14-15H,2-13,16H2,1H3. The van der Waals surface area contributed by atoms with Gasteiger partial charge in [0.1, 0.15) is 0 Å². The predicted octanol–water partition coefficient (Wildman–Crippen LogP) is 1.92. The number of hydrogen-bond acceptors (Lipinski definition) is 3. The summed E-state index contributed by atoms with van der Waals surface area (Å²) in [5.41, 5.74) is 5.98. The lowest BCUT2D eigenvalue weighted by Gasteiger charge is -2.34. The predicted molar refractivity (Wildman–Crippen MR) is 77.7 cm³/mol. The van der Waals surface area contributed by atoms with Crippen LogP contribution < -0.4 is 5.73 Å². The number of nitrogens with two attached hydrogens (primary N) is 1. The van der Waals surface area contributed by atoms with E-state index < -0.39 is 0 Å². The molecule has 2 N–H and O–H groups in total. The van der Waals surface area contributed by atoms with Gasteiger partial charge < -0.3 is 15.5 Å². The first-order chi connectivity index (χ1) is 8.81. The first kappa shape index (κ1) is 14.3. The Balaban J connectivity index is 1.78. The molecule has 2 aliphatic rings. The van der Waals surface area contributed by atoms with Gasteiger partial charge in [-0.3, -0.25) is 0 Å². The van der Waals surface area contributed by atoms with Crippen LogP contribution in [0.4, 0.5) is 0 Å². The molecule has 2 fully saturated rings. The fourth-order valence-corrected chi connectivity index (χ4v) is 3.69. The molecule has 2 atom stereocenters. The Morgan fingerprint density at radius 1 is 1.06 bits per heavy atom. The Bertz CT molecular complexity index is 226. The fraction of sp³-hybridized carbons (Fsp3) is 1.00. The summed E-state index contributed by atoms with van der Waals surface area (Å²) < 4.78 is 0. The van der Waals surface area contributed by atoms with Gasteiger partial charge in [0.2, 0.25) is 0 Å². The van der Waals surface area contributed by atoms with E-state index in [1.54, 1.807) is 0 Å². The van der Waals surface area contributed by atoms with Crippen molar-refractivity contribution >= 4 is 0 Å². The van der Waals surface area contributed by atoms with Crippen molar-refractivity contribution in [2.75, 3.05) is 39.8 Å². The van der Waals surface area contributed by atoms with Gasteiger partial charge in [-0.1, -0.05) is 19.3 Å². The van der Waals surface area contributed by atoms with E-state index in [0.717, 1.165) is 18.5 Å². The van der Waals surface area contributed by atoms with Gasteiger partial charge in [0, 0.05) is 19.1 Å². The molecule has 3 nitrogen and oxygen atoms in total. The van der Waals surface area contributed by atoms with Crippen LogP contribution in [0, 0.1) is 5.92 Å². The van der Waals surface area contributed by atoms with Gasteiger partial charge in [0.25, 0.3) is 0 Å². The molecule has 18 heavy (non-hydrogen) atoms. The molecule has 0 spiro atoms. The topological polar surface area (TPSA) is 32.5 Å². The highest BCUT2D eigenvalue weighted by Gasteiger charge is 2.26. The lowest BCUT2D eigenvalue weighted by Crippen LogP contribution is -2.43. The first-order valence-electron chi connectivity index (χ1n) is 7.94. The highest BCUT2D eigenvalue weighted by Crippen LogP contribution is 2.26. The van der Waals surface area contributed by atoms with Gasteiger partial charge in [0.15, 0.2) is 0 Å². The van der Waals surface area contributed by atoms with Crippen LogP contribution in [0.1, 0.15) is 44.9 Å². The fourth-order valence-electron chi connectivity index (χ4n) is 3.69. The summed E-state index contributed by atoms with van der Waals surface area (Å²) in [7, 11) is 2.31. The molecular formula is C15H31N3. The molecule has 3 heteroatoms. The molecule has 0 bridgehead atoms. The lowest BCUT2D eigenvalue weighted by atomic mass is 9.94. The van der Waals surface area contributed by atoms with Gasteiger partial charge in [0.05, 0.1) is 0 Å². The van der Waals surface area contributed by atoms with Crippen molar-refractivity contribution in [2.45, 2.75) is 51.0 Å². The number of nitrogens with zero attached hydrogens (tertiary/aromatic N) is 2. The number of hydrogen-bond donors (Lipinski definition) is 1. The van der Waals surface area contributed by atoms with Crippen LogP contribution in [-0.2, 0) is 0 Å². The maximum absolute atomic E-state index is 5.98. The Kier molecular flexibility index (Phi) is 5.93. The molecule has 1 saturated carbocycles. The van der Waals surface area contributed by atoms with E-state index in [1.807, 2.05) is 0 Å². The van der Waals surface area contributed by atoms with Crippen molar-refractivity contribution in [3.63, 3.8) is 0 Å². The van der Waals surface area contributed by atoms with Gasteiger partial charge in [-0.15, -0.1) is 0 Å². The van der Waals surface area contributed by atoms with Crippen molar-refractivity contribution in [3.8, 4) is 0 Å². The zero-order chi connectivity index (χ0) is 12.8. The minimum Gasteiger partial charge on any atom is -0.330 e. The monoisotopic (exact) mass is 253 g/mol. The molecule has 1 aliphatic heterocycles. The number of likely N-dealkylation sites (N-methyl/N-ethyl adjacent to an activating group) is 1. The Labute approximate surface area is 113 Å². The minimum atomic E-state index is 0.732. The third-order valence-electron chi connectivity index (χ3n) is 4.96. The molecule has 106 valence electrons. The highest BCUT2D eigenvalue weighted by atomic mass is 15.2. The Hall–Kier alpha value is -0.120. The van der Waals surface area contributed by atoms with Crippen LogP contribution in [0.3, 0.4) is 0 Å². The second-order valence-electron chi connectivity index (χ2n) is 6.23. The molecule has 2 rings (SSSR count). The van der Waals surface area contributed by atoms with E-state index in [-0.39, 0.29) is 0 Å². The molecule has 0 radical (unpaired) electrons. The lowest BCUT2D eigenvalue weighted by molar-refractivity contribution is 0.150. The van der Waals surface area contributed by atoms with Crippen LogP contribution >= 0.6 is 0 Å². The molecule has 0 aromatic carbocycles. The van der Waals surface area contributed by atoms with Crippen molar-refractivity contribution in [3.05, 3.63) is 0 Å². The summed E-state index contributed by atoms with van der Waals surface area (Å²) >= 11 is 0. The second kappa shape index (κ2) is 7.46. The van der Waals surface area contributed by atoms with Gasteiger partial charge >= 0.3 is 0 Å². The Morgan fingerprint density at radius 2 is 1.78 bits per heavy atom. The molecule has 2 unspecified atom stereocenters. The SMILES string of the molecule is CN(CCN1CCCC1)C1CCCCCC1CN. The maximum atomic E-state index is 5.98. The van der Waals surface area contributed by atoms with E-state index in [2.05, 4.69) is 16.8 Å². The van der Waals surface area contributed by atoms with Crippen LogP contribution in [0.2, 0.25) is 0 Å². The summed E-state index contributed by atoms with van der Waals surface area (Å²) in [4.78, 5) is 5.21. The molecule has 1 heterocycles. The molecule has 0 amide bonds. The molecular weight excluding hydrogens is 222 g/mol. The van der Waals surface area contributed by atoms with Crippen molar-refractivity contribution in [1.82, 2.24) is 9.80 Å². The normalized spacial score (nSPS) is 30.8. The van der Waals surface area contributed by atoms with Crippen LogP contribution in [-0.4, -0.2) is 55.6 Å². The first-order valence-corrected chi connectivity index (χ1v) is 7.94. The quantitative estimate of drug-likeness (QED) is 0.760. The number of likely N-dealkylation sites (tertiary alicyclic amines) is 1. The third kappa shape index (κ3) is 3.94. The summed E-state index contributed by atoms with van der Waals surface area (Å²) in [5.74, 6) is 0.732. The van der Waals surface area contributed by atoms with Gasteiger partial charge in [-0.25, -0.2) is 0 Å². The number of rotatable bonds is 5. The van der Waals surface area contributed by atoms with E-state index in [1.165, 1.54) is 71.1 Å². The van der Waals surface area contributed by atoms with E-state index in [4.69, 9.17) is 5.73 Å². The zero-order valence-corrected chi connectivity index (χ0v) is 12.1. The summed E-state index contributed by atoms with van der Waals surface area (Å²) in [6.07, 6.45) is 9.70. The summed E-state index contributed by atoms with van der Waals surface area (Å²) in [6.45, 7) is 5.99. The smallest absolute Gasteiger partial charge is 0.0133 e. The molecule has 0 aromatic rings. The van der Waals surface area contributed by atoms with Gasteiger partial charge in [-0.2, -0.15) is 0 Å². The maximum Gasteiger partial charge on any atom is 0.0133 e. The van der Waals surface area contributed by atoms with E-state index in [9.17, 15) is 0 Å². The third-order valence-corrected chi connectivity index (χ3v) is 4.96. The molecule has 0 aromatic heterocycles. The zero-order valence-electron chi connectivity index (χ0n) is 12.1. The van der Waals surface area contributed by atoms with E-state index >= 15 is 0 Å².